The van der Waals surface area contributed by atoms with Gasteiger partial charge in [-0.25, -0.2) is 4.98 Å². The number of ether oxygens (including phenoxy) is 1. The molecule has 0 radical (unpaired) electrons. The molecule has 0 saturated carbocycles. The molecule has 1 rings (SSSR count). The van der Waals surface area contributed by atoms with Crippen molar-refractivity contribution >= 4 is 11.8 Å². The smallest absolute Gasteiger partial charge is 0.303 e. The predicted octanol–water partition coefficient (Wildman–Crippen LogP) is 1.47. The summed E-state index contributed by atoms with van der Waals surface area (Å²) >= 11 is 0. The fourth-order valence-electron chi connectivity index (χ4n) is 1.98. The van der Waals surface area contributed by atoms with Crippen molar-refractivity contribution in [3.8, 4) is 5.75 Å². The first-order valence-corrected chi connectivity index (χ1v) is 6.65. The van der Waals surface area contributed by atoms with Crippen LogP contribution in [0.25, 0.3) is 0 Å². The molecular formula is C13H21N3O4. The zero-order valence-corrected chi connectivity index (χ0v) is 11.8. The fourth-order valence-corrected chi connectivity index (χ4v) is 1.98. The molecule has 0 bridgehead atoms. The maximum absolute atomic E-state index is 11.5. The van der Waals surface area contributed by atoms with Crippen molar-refractivity contribution in [1.29, 1.82) is 0 Å². The Hall–Kier alpha value is -2.05. The van der Waals surface area contributed by atoms with Crippen LogP contribution in [0.15, 0.2) is 11.1 Å². The van der Waals surface area contributed by atoms with Crippen molar-refractivity contribution in [1.82, 2.24) is 9.97 Å². The van der Waals surface area contributed by atoms with E-state index in [1.807, 2.05) is 6.92 Å². The summed E-state index contributed by atoms with van der Waals surface area (Å²) in [5.74, 6) is 0.136. The van der Waals surface area contributed by atoms with Crippen LogP contribution in [0, 0.1) is 5.92 Å². The van der Waals surface area contributed by atoms with Crippen molar-refractivity contribution in [2.24, 2.45) is 5.92 Å². The van der Waals surface area contributed by atoms with Crippen LogP contribution in [0.2, 0.25) is 0 Å². The van der Waals surface area contributed by atoms with Crippen LogP contribution < -0.4 is 15.6 Å². The first-order chi connectivity index (χ1) is 9.58. The maximum Gasteiger partial charge on any atom is 0.303 e. The van der Waals surface area contributed by atoms with Gasteiger partial charge in [0, 0.05) is 13.0 Å². The number of carboxylic acids is 1. The number of carbonyl (C=O) groups is 1. The van der Waals surface area contributed by atoms with Crippen LogP contribution in [-0.2, 0) is 4.79 Å². The van der Waals surface area contributed by atoms with Gasteiger partial charge >= 0.3 is 5.97 Å². The summed E-state index contributed by atoms with van der Waals surface area (Å²) in [7, 11) is 1.42. The Kier molecular flexibility index (Phi) is 6.55. The lowest BCUT2D eigenvalue weighted by atomic mass is 9.97. The third kappa shape index (κ3) is 4.91. The van der Waals surface area contributed by atoms with Crippen LogP contribution >= 0.6 is 0 Å². The molecule has 1 aromatic heterocycles. The molecule has 0 fully saturated rings. The lowest BCUT2D eigenvalue weighted by molar-refractivity contribution is -0.137. The summed E-state index contributed by atoms with van der Waals surface area (Å²) in [6, 6.07) is 0. The molecule has 20 heavy (non-hydrogen) atoms. The Balaban J connectivity index is 2.49. The van der Waals surface area contributed by atoms with E-state index in [-0.39, 0.29) is 17.7 Å². The van der Waals surface area contributed by atoms with Crippen LogP contribution in [0.4, 0.5) is 5.82 Å². The van der Waals surface area contributed by atoms with Crippen LogP contribution in [0.5, 0.6) is 5.75 Å². The van der Waals surface area contributed by atoms with Gasteiger partial charge in [-0.2, -0.15) is 0 Å². The zero-order valence-electron chi connectivity index (χ0n) is 11.8. The lowest BCUT2D eigenvalue weighted by Crippen LogP contribution is -2.16. The highest BCUT2D eigenvalue weighted by atomic mass is 16.5. The quantitative estimate of drug-likeness (QED) is 0.634. The molecule has 7 nitrogen and oxygen atoms in total. The van der Waals surface area contributed by atoms with E-state index in [4.69, 9.17) is 9.84 Å². The number of H-pyrrole nitrogens is 1. The first kappa shape index (κ1) is 16.0. The molecule has 0 aliphatic rings. The van der Waals surface area contributed by atoms with Crippen molar-refractivity contribution in [2.75, 3.05) is 19.0 Å². The van der Waals surface area contributed by atoms with Crippen LogP contribution in [0.3, 0.4) is 0 Å². The van der Waals surface area contributed by atoms with E-state index in [1.54, 1.807) is 0 Å². The summed E-state index contributed by atoms with van der Waals surface area (Å²) in [5, 5.41) is 11.7. The number of aromatic nitrogens is 2. The largest absolute Gasteiger partial charge is 0.489 e. The Morgan fingerprint density at radius 3 is 2.90 bits per heavy atom. The molecule has 1 heterocycles. The Morgan fingerprint density at radius 1 is 1.55 bits per heavy atom. The number of aliphatic carboxylic acids is 1. The molecule has 1 aromatic rings. The van der Waals surface area contributed by atoms with Crippen LogP contribution in [-0.4, -0.2) is 34.7 Å². The normalized spacial score (nSPS) is 11.9. The molecule has 0 spiro atoms. The van der Waals surface area contributed by atoms with Gasteiger partial charge in [0.25, 0.3) is 5.56 Å². The van der Waals surface area contributed by atoms with E-state index in [0.717, 1.165) is 12.8 Å². The van der Waals surface area contributed by atoms with Gasteiger partial charge in [0.05, 0.1) is 13.4 Å². The van der Waals surface area contributed by atoms with E-state index in [1.165, 1.54) is 13.4 Å². The highest BCUT2D eigenvalue weighted by molar-refractivity contribution is 5.66. The topological polar surface area (TPSA) is 104 Å². The number of hydrogen-bond donors (Lipinski definition) is 3. The van der Waals surface area contributed by atoms with Gasteiger partial charge in [0.2, 0.25) is 5.75 Å². The van der Waals surface area contributed by atoms with Crippen molar-refractivity contribution in [2.45, 2.75) is 32.6 Å². The number of carboxylic acid groups (broad SMARTS) is 1. The SMILES string of the molecule is CCC(CCNc1nc[nH]c(=O)c1OC)CCC(=O)O. The zero-order chi connectivity index (χ0) is 15.0. The summed E-state index contributed by atoms with van der Waals surface area (Å²) in [4.78, 5) is 28.5. The minimum absolute atomic E-state index is 0.158. The Bertz CT molecular complexity index is 487. The van der Waals surface area contributed by atoms with Gasteiger partial charge in [-0.1, -0.05) is 13.3 Å². The number of hydrogen-bond acceptors (Lipinski definition) is 5. The molecule has 1 atom stereocenters. The van der Waals surface area contributed by atoms with Gasteiger partial charge in [-0.05, 0) is 18.8 Å². The first-order valence-electron chi connectivity index (χ1n) is 6.65. The van der Waals surface area contributed by atoms with Gasteiger partial charge in [-0.3, -0.25) is 9.59 Å². The van der Waals surface area contributed by atoms with Gasteiger partial charge in [0.15, 0.2) is 5.82 Å². The van der Waals surface area contributed by atoms with Crippen molar-refractivity contribution in [3.05, 3.63) is 16.7 Å². The molecule has 3 N–H and O–H groups in total. The Labute approximate surface area is 117 Å². The molecule has 0 aromatic carbocycles. The van der Waals surface area contributed by atoms with E-state index >= 15 is 0 Å². The minimum Gasteiger partial charge on any atom is -0.489 e. The third-order valence-corrected chi connectivity index (χ3v) is 3.20. The molecule has 7 heteroatoms. The standard InChI is InChI=1S/C13H21N3O4/c1-3-9(4-5-10(17)18)6-7-14-12-11(20-2)13(19)16-8-15-12/h8-9H,3-7H2,1-2H3,(H,17,18)(H2,14,15,16,19). The number of nitrogens with one attached hydrogen (secondary N) is 2. The lowest BCUT2D eigenvalue weighted by Gasteiger charge is -2.14. The van der Waals surface area contributed by atoms with E-state index in [2.05, 4.69) is 15.3 Å². The Morgan fingerprint density at radius 2 is 2.30 bits per heavy atom. The molecule has 1 unspecified atom stereocenters. The van der Waals surface area contributed by atoms with Crippen molar-refractivity contribution in [3.63, 3.8) is 0 Å². The third-order valence-electron chi connectivity index (χ3n) is 3.20. The fraction of sp³-hybridized carbons (Fsp3) is 0.615. The molecule has 0 amide bonds. The maximum atomic E-state index is 11.5. The average Bonchev–Trinajstić information content (AvgIpc) is 2.42. The summed E-state index contributed by atoms with van der Waals surface area (Å²) in [6.07, 6.45) is 3.91. The molecule has 0 aliphatic heterocycles. The van der Waals surface area contributed by atoms with E-state index in [0.29, 0.717) is 24.7 Å². The molecular weight excluding hydrogens is 262 g/mol. The molecule has 0 aliphatic carbocycles. The number of methoxy groups -OCH3 is 1. The minimum atomic E-state index is -0.769. The summed E-state index contributed by atoms with van der Waals surface area (Å²) in [6.45, 7) is 2.66. The molecule has 0 saturated heterocycles. The monoisotopic (exact) mass is 283 g/mol. The van der Waals surface area contributed by atoms with Gasteiger partial charge < -0.3 is 20.1 Å². The highest BCUT2D eigenvalue weighted by Gasteiger charge is 2.11. The second kappa shape index (κ2) is 8.19. The van der Waals surface area contributed by atoms with E-state index < -0.39 is 5.97 Å². The van der Waals surface area contributed by atoms with Gasteiger partial charge in [0.1, 0.15) is 0 Å². The summed E-state index contributed by atoms with van der Waals surface area (Å²) < 4.78 is 4.99. The number of nitrogens with zero attached hydrogens (tertiary/aromatic N) is 1. The van der Waals surface area contributed by atoms with Crippen LogP contribution in [0.1, 0.15) is 32.6 Å². The highest BCUT2D eigenvalue weighted by Crippen LogP contribution is 2.18. The number of rotatable bonds is 9. The van der Waals surface area contributed by atoms with E-state index in [9.17, 15) is 9.59 Å². The second-order valence-electron chi connectivity index (χ2n) is 4.54. The average molecular weight is 283 g/mol. The van der Waals surface area contributed by atoms with Gasteiger partial charge in [-0.15, -0.1) is 0 Å². The summed E-state index contributed by atoms with van der Waals surface area (Å²) in [5.41, 5.74) is -0.331. The molecule has 112 valence electrons. The number of aromatic amines is 1. The number of anilines is 1. The predicted molar refractivity (Wildman–Crippen MR) is 75.2 cm³/mol. The van der Waals surface area contributed by atoms with Crippen molar-refractivity contribution < 1.29 is 14.6 Å². The second-order valence-corrected chi connectivity index (χ2v) is 4.54.